The second-order valence-electron chi connectivity index (χ2n) is 9.58. The summed E-state index contributed by atoms with van der Waals surface area (Å²) >= 11 is 0. The minimum absolute atomic E-state index is 0.0399. The Bertz CT molecular complexity index is 1140. The smallest absolute Gasteiger partial charge is 0.242 e. The number of benzene rings is 2. The monoisotopic (exact) mass is 549 g/mol. The summed E-state index contributed by atoms with van der Waals surface area (Å²) in [4.78, 5) is 27.9. The van der Waals surface area contributed by atoms with Crippen LogP contribution in [0.5, 0.6) is 5.75 Å². The molecule has 210 valence electrons. The lowest BCUT2D eigenvalue weighted by atomic mass is 10.1. The van der Waals surface area contributed by atoms with Crippen LogP contribution in [0.15, 0.2) is 48.5 Å². The fourth-order valence-electron chi connectivity index (χ4n) is 4.01. The first-order valence-electron chi connectivity index (χ1n) is 13.0. The summed E-state index contributed by atoms with van der Waals surface area (Å²) in [7, 11) is -3.60. The zero-order chi connectivity index (χ0) is 28.3. The molecule has 0 saturated heterocycles. The van der Waals surface area contributed by atoms with Crippen LogP contribution in [0.1, 0.15) is 52.5 Å². The molecule has 1 atom stereocenters. The zero-order valence-corrected chi connectivity index (χ0v) is 23.8. The summed E-state index contributed by atoms with van der Waals surface area (Å²) in [5.41, 5.74) is 1.17. The van der Waals surface area contributed by atoms with Gasteiger partial charge in [-0.15, -0.1) is 0 Å². The maximum atomic E-state index is 13.4. The molecule has 38 heavy (non-hydrogen) atoms. The number of halogens is 1. The molecule has 0 heterocycles. The Kier molecular flexibility index (Phi) is 12.0. The van der Waals surface area contributed by atoms with Gasteiger partial charge in [0.25, 0.3) is 0 Å². The normalized spacial score (nSPS) is 12.2. The number of carbonyl (C=O) groups excluding carboxylic acids is 2. The second-order valence-corrected chi connectivity index (χ2v) is 11.5. The third-order valence-electron chi connectivity index (χ3n) is 5.92. The van der Waals surface area contributed by atoms with Crippen LogP contribution in [0.2, 0.25) is 0 Å². The highest BCUT2D eigenvalue weighted by Crippen LogP contribution is 2.23. The van der Waals surface area contributed by atoms with E-state index >= 15 is 0 Å². The fourth-order valence-corrected chi connectivity index (χ4v) is 4.97. The summed E-state index contributed by atoms with van der Waals surface area (Å²) in [6.45, 7) is 8.90. The predicted molar refractivity (Wildman–Crippen MR) is 148 cm³/mol. The molecule has 10 heteroatoms. The SMILES string of the molecule is CCOc1ccc(N(CCCC(=O)N(Cc2ccc(F)cc2)[C@@H](CC)C(=O)NCC(C)C)S(C)(=O)=O)cc1. The number of nitrogens with zero attached hydrogens (tertiary/aromatic N) is 2. The first kappa shape index (κ1) is 31.1. The van der Waals surface area contributed by atoms with E-state index in [1.165, 1.54) is 21.3 Å². The van der Waals surface area contributed by atoms with Crippen molar-refractivity contribution in [3.05, 3.63) is 59.9 Å². The quantitative estimate of drug-likeness (QED) is 0.356. The highest BCUT2D eigenvalue weighted by atomic mass is 32.2. The number of ether oxygens (including phenoxy) is 1. The Morgan fingerprint density at radius 1 is 1.03 bits per heavy atom. The van der Waals surface area contributed by atoms with Crippen molar-refractivity contribution < 1.29 is 27.1 Å². The largest absolute Gasteiger partial charge is 0.494 e. The van der Waals surface area contributed by atoms with E-state index in [4.69, 9.17) is 4.74 Å². The first-order chi connectivity index (χ1) is 18.0. The predicted octanol–water partition coefficient (Wildman–Crippen LogP) is 4.35. The maximum absolute atomic E-state index is 13.4. The molecule has 2 amide bonds. The summed E-state index contributed by atoms with van der Waals surface area (Å²) in [5, 5.41) is 2.90. The number of hydrogen-bond donors (Lipinski definition) is 1. The summed E-state index contributed by atoms with van der Waals surface area (Å²) < 4.78 is 45.1. The van der Waals surface area contributed by atoms with Gasteiger partial charge in [-0.3, -0.25) is 13.9 Å². The number of nitrogens with one attached hydrogen (secondary N) is 1. The molecule has 0 saturated carbocycles. The first-order valence-corrected chi connectivity index (χ1v) is 14.8. The summed E-state index contributed by atoms with van der Waals surface area (Å²) in [5.74, 6) is -0.0201. The van der Waals surface area contributed by atoms with Gasteiger partial charge < -0.3 is 15.0 Å². The van der Waals surface area contributed by atoms with Crippen LogP contribution in [-0.4, -0.2) is 57.1 Å². The highest BCUT2D eigenvalue weighted by molar-refractivity contribution is 7.92. The van der Waals surface area contributed by atoms with Gasteiger partial charge in [-0.2, -0.15) is 0 Å². The van der Waals surface area contributed by atoms with Crippen molar-refractivity contribution in [2.75, 3.05) is 30.3 Å². The number of rotatable bonds is 15. The van der Waals surface area contributed by atoms with E-state index in [0.29, 0.717) is 36.6 Å². The van der Waals surface area contributed by atoms with Crippen LogP contribution < -0.4 is 14.4 Å². The van der Waals surface area contributed by atoms with Crippen LogP contribution in [0.4, 0.5) is 10.1 Å². The van der Waals surface area contributed by atoms with Gasteiger partial charge in [0.1, 0.15) is 17.6 Å². The third-order valence-corrected chi connectivity index (χ3v) is 7.12. The molecule has 2 aromatic carbocycles. The molecule has 0 radical (unpaired) electrons. The van der Waals surface area contributed by atoms with E-state index in [1.807, 2.05) is 27.7 Å². The van der Waals surface area contributed by atoms with Crippen molar-refractivity contribution >= 4 is 27.5 Å². The molecule has 0 spiro atoms. The van der Waals surface area contributed by atoms with Crippen LogP contribution >= 0.6 is 0 Å². The molecule has 0 aromatic heterocycles. The standard InChI is InChI=1S/C28H40FN3O5S/c1-6-26(28(34)30-19-21(3)4)31(20-22-10-12-23(29)13-11-22)27(33)9-8-18-32(38(5,35)36)24-14-16-25(17-15-24)37-7-2/h10-17,21,26H,6-9,18-20H2,1-5H3,(H,30,34)/t26-/m0/s1. The van der Waals surface area contributed by atoms with Crippen LogP contribution in [-0.2, 0) is 26.2 Å². The average Bonchev–Trinajstić information content (AvgIpc) is 2.86. The average molecular weight is 550 g/mol. The molecule has 2 aromatic rings. The van der Waals surface area contributed by atoms with E-state index in [2.05, 4.69) is 5.32 Å². The van der Waals surface area contributed by atoms with Gasteiger partial charge >= 0.3 is 0 Å². The van der Waals surface area contributed by atoms with Gasteiger partial charge in [-0.05, 0) is 67.6 Å². The number of hydrogen-bond acceptors (Lipinski definition) is 5. The van der Waals surface area contributed by atoms with Crippen molar-refractivity contribution in [3.8, 4) is 5.75 Å². The Morgan fingerprint density at radius 2 is 1.66 bits per heavy atom. The Labute approximate surface area is 226 Å². The van der Waals surface area contributed by atoms with Crippen LogP contribution in [0, 0.1) is 11.7 Å². The Morgan fingerprint density at radius 3 is 2.18 bits per heavy atom. The summed E-state index contributed by atoms with van der Waals surface area (Å²) in [6, 6.07) is 11.8. The zero-order valence-electron chi connectivity index (χ0n) is 22.9. The van der Waals surface area contributed by atoms with E-state index in [9.17, 15) is 22.4 Å². The lowest BCUT2D eigenvalue weighted by molar-refractivity contribution is -0.141. The highest BCUT2D eigenvalue weighted by Gasteiger charge is 2.29. The van der Waals surface area contributed by atoms with Gasteiger partial charge in [0.15, 0.2) is 0 Å². The van der Waals surface area contributed by atoms with Gasteiger partial charge in [-0.25, -0.2) is 12.8 Å². The molecule has 0 bridgehead atoms. The van der Waals surface area contributed by atoms with E-state index in [0.717, 1.165) is 6.26 Å². The van der Waals surface area contributed by atoms with Crippen molar-refractivity contribution in [1.29, 1.82) is 0 Å². The van der Waals surface area contributed by atoms with Gasteiger partial charge in [0.05, 0.1) is 18.6 Å². The van der Waals surface area contributed by atoms with Crippen molar-refractivity contribution in [3.63, 3.8) is 0 Å². The molecule has 0 unspecified atom stereocenters. The van der Waals surface area contributed by atoms with Crippen molar-refractivity contribution in [2.45, 2.75) is 59.5 Å². The second kappa shape index (κ2) is 14.7. The van der Waals surface area contributed by atoms with Crippen LogP contribution in [0.3, 0.4) is 0 Å². The number of sulfonamides is 1. The third kappa shape index (κ3) is 9.63. The number of amides is 2. The molecular formula is C28H40FN3O5S. The number of carbonyl (C=O) groups is 2. The minimum atomic E-state index is -3.60. The topological polar surface area (TPSA) is 96.0 Å². The summed E-state index contributed by atoms with van der Waals surface area (Å²) in [6.07, 6.45) is 1.82. The fraction of sp³-hybridized carbons (Fsp3) is 0.500. The Balaban J connectivity index is 2.19. The maximum Gasteiger partial charge on any atom is 0.242 e. The number of anilines is 1. The Hall–Kier alpha value is -3.14. The lowest BCUT2D eigenvalue weighted by Gasteiger charge is -2.31. The van der Waals surface area contributed by atoms with E-state index < -0.39 is 16.1 Å². The molecule has 2 rings (SSSR count). The molecule has 0 aliphatic carbocycles. The molecule has 0 aliphatic heterocycles. The van der Waals surface area contributed by atoms with Crippen molar-refractivity contribution in [2.24, 2.45) is 5.92 Å². The molecular weight excluding hydrogens is 509 g/mol. The van der Waals surface area contributed by atoms with Gasteiger partial charge in [0.2, 0.25) is 21.8 Å². The molecule has 8 nitrogen and oxygen atoms in total. The lowest BCUT2D eigenvalue weighted by Crippen LogP contribution is -2.49. The minimum Gasteiger partial charge on any atom is -0.494 e. The van der Waals surface area contributed by atoms with Gasteiger partial charge in [-0.1, -0.05) is 32.9 Å². The van der Waals surface area contributed by atoms with Gasteiger partial charge in [0, 0.05) is 26.1 Å². The molecule has 0 fully saturated rings. The molecule has 1 N–H and O–H groups in total. The van der Waals surface area contributed by atoms with E-state index in [-0.39, 0.29) is 49.5 Å². The van der Waals surface area contributed by atoms with E-state index in [1.54, 1.807) is 36.4 Å². The van der Waals surface area contributed by atoms with Crippen LogP contribution in [0.25, 0.3) is 0 Å². The molecule has 0 aliphatic rings. The van der Waals surface area contributed by atoms with Crippen molar-refractivity contribution in [1.82, 2.24) is 10.2 Å².